The molecule has 0 bridgehead atoms. The summed E-state index contributed by atoms with van der Waals surface area (Å²) >= 11 is 0. The summed E-state index contributed by atoms with van der Waals surface area (Å²) in [4.78, 5) is 26.9. The van der Waals surface area contributed by atoms with Gasteiger partial charge in [-0.3, -0.25) is 4.79 Å². The fourth-order valence-electron chi connectivity index (χ4n) is 3.09. The molecule has 6 heteroatoms. The number of carboxylic acids is 1. The van der Waals surface area contributed by atoms with Crippen molar-refractivity contribution in [3.63, 3.8) is 0 Å². The monoisotopic (exact) mass is 316 g/mol. The van der Waals surface area contributed by atoms with Crippen LogP contribution in [0.4, 0.5) is 0 Å². The van der Waals surface area contributed by atoms with E-state index >= 15 is 0 Å². The highest BCUT2D eigenvalue weighted by Gasteiger charge is 2.31. The largest absolute Gasteiger partial charge is 0.480 e. The summed E-state index contributed by atoms with van der Waals surface area (Å²) in [7, 11) is 0. The maximum absolute atomic E-state index is 12.3. The molecule has 2 aromatic rings. The lowest BCUT2D eigenvalue weighted by molar-refractivity contribution is -0.145. The van der Waals surface area contributed by atoms with Crippen LogP contribution in [0.5, 0.6) is 0 Å². The van der Waals surface area contributed by atoms with E-state index in [1.807, 2.05) is 24.3 Å². The third kappa shape index (κ3) is 3.53. The van der Waals surface area contributed by atoms with Crippen molar-refractivity contribution < 1.29 is 19.4 Å². The summed E-state index contributed by atoms with van der Waals surface area (Å²) in [5.74, 6) is -1.46. The number of hydrogen-bond donors (Lipinski definition) is 3. The molecule has 1 fully saturated rings. The van der Waals surface area contributed by atoms with Gasteiger partial charge in [-0.2, -0.15) is 0 Å². The number of fused-ring (bicyclic) bond motifs is 1. The Morgan fingerprint density at radius 3 is 2.96 bits per heavy atom. The Kier molecular flexibility index (Phi) is 4.62. The average Bonchev–Trinajstić information content (AvgIpc) is 2.96. The highest BCUT2D eigenvalue weighted by Crippen LogP contribution is 2.20. The molecular formula is C17H20N2O4. The van der Waals surface area contributed by atoms with Crippen LogP contribution in [-0.2, 0) is 20.7 Å². The van der Waals surface area contributed by atoms with Gasteiger partial charge in [0.15, 0.2) is 0 Å². The van der Waals surface area contributed by atoms with Crippen LogP contribution in [0.3, 0.4) is 0 Å². The molecular weight excluding hydrogens is 296 g/mol. The van der Waals surface area contributed by atoms with Gasteiger partial charge >= 0.3 is 5.97 Å². The summed E-state index contributed by atoms with van der Waals surface area (Å²) in [6.07, 6.45) is 3.53. The second-order valence-corrected chi connectivity index (χ2v) is 5.90. The van der Waals surface area contributed by atoms with E-state index in [4.69, 9.17) is 4.74 Å². The van der Waals surface area contributed by atoms with E-state index in [-0.39, 0.29) is 18.2 Å². The number of aliphatic carboxylic acids is 1. The van der Waals surface area contributed by atoms with Crippen LogP contribution in [-0.4, -0.2) is 41.2 Å². The minimum atomic E-state index is -1.01. The molecule has 2 atom stereocenters. The van der Waals surface area contributed by atoms with Gasteiger partial charge in [0, 0.05) is 29.6 Å². The zero-order valence-electron chi connectivity index (χ0n) is 12.7. The van der Waals surface area contributed by atoms with Crippen molar-refractivity contribution in [3.8, 4) is 0 Å². The number of nitrogens with one attached hydrogen (secondary N) is 2. The Bertz CT molecular complexity index is 703. The smallest absolute Gasteiger partial charge is 0.326 e. The van der Waals surface area contributed by atoms with Crippen LogP contribution >= 0.6 is 0 Å². The van der Waals surface area contributed by atoms with Crippen LogP contribution in [0.2, 0.25) is 0 Å². The molecule has 3 N–H and O–H groups in total. The van der Waals surface area contributed by atoms with E-state index in [9.17, 15) is 14.7 Å². The highest BCUT2D eigenvalue weighted by atomic mass is 16.5. The maximum atomic E-state index is 12.3. The van der Waals surface area contributed by atoms with Crippen LogP contribution < -0.4 is 5.32 Å². The lowest BCUT2D eigenvalue weighted by atomic mass is 9.93. The fourth-order valence-corrected chi connectivity index (χ4v) is 3.09. The summed E-state index contributed by atoms with van der Waals surface area (Å²) in [6, 6.07) is 6.82. The third-order valence-corrected chi connectivity index (χ3v) is 4.28. The minimum absolute atomic E-state index is 0.154. The van der Waals surface area contributed by atoms with Crippen molar-refractivity contribution >= 4 is 22.8 Å². The lowest BCUT2D eigenvalue weighted by Crippen LogP contribution is -2.48. The molecule has 6 nitrogen and oxygen atoms in total. The quantitative estimate of drug-likeness (QED) is 0.783. The number of benzene rings is 1. The minimum Gasteiger partial charge on any atom is -0.480 e. The van der Waals surface area contributed by atoms with Crippen molar-refractivity contribution in [2.24, 2.45) is 5.92 Å². The molecule has 0 radical (unpaired) electrons. The topological polar surface area (TPSA) is 91.4 Å². The van der Waals surface area contributed by atoms with E-state index in [1.54, 1.807) is 6.20 Å². The van der Waals surface area contributed by atoms with Gasteiger partial charge in [-0.25, -0.2) is 4.79 Å². The first-order chi connectivity index (χ1) is 11.1. The average molecular weight is 316 g/mol. The molecule has 1 aliphatic heterocycles. The Balaban J connectivity index is 1.68. The molecule has 1 aromatic heterocycles. The summed E-state index contributed by atoms with van der Waals surface area (Å²) < 4.78 is 5.34. The molecule has 1 saturated heterocycles. The molecule has 1 amide bonds. The summed E-state index contributed by atoms with van der Waals surface area (Å²) in [5, 5.41) is 13.0. The Hall–Kier alpha value is -2.34. The van der Waals surface area contributed by atoms with Crippen LogP contribution in [0.25, 0.3) is 10.9 Å². The van der Waals surface area contributed by atoms with E-state index in [1.165, 1.54) is 0 Å². The van der Waals surface area contributed by atoms with Crippen LogP contribution in [0, 0.1) is 5.92 Å². The number of para-hydroxylation sites is 1. The highest BCUT2D eigenvalue weighted by molar-refractivity contribution is 5.90. The standard InChI is InChI=1S/C17H20N2O4/c20-15(8-12-9-18-14-6-2-1-5-13(12)14)19-16(17(21)22)11-4-3-7-23-10-11/h1-2,5-6,9,11,16,18H,3-4,7-8,10H2,(H,19,20)(H,21,22). The summed E-state index contributed by atoms with van der Waals surface area (Å²) in [6.45, 7) is 1.04. The molecule has 122 valence electrons. The van der Waals surface area contributed by atoms with Crippen LogP contribution in [0.15, 0.2) is 30.5 Å². The van der Waals surface area contributed by atoms with Gasteiger partial charge in [-0.15, -0.1) is 0 Å². The molecule has 1 aliphatic rings. The van der Waals surface area contributed by atoms with Gasteiger partial charge in [0.05, 0.1) is 13.0 Å². The second-order valence-electron chi connectivity index (χ2n) is 5.90. The number of rotatable bonds is 5. The Morgan fingerprint density at radius 1 is 1.39 bits per heavy atom. The number of carbonyl (C=O) groups is 2. The number of amides is 1. The van der Waals surface area contributed by atoms with Gasteiger partial charge in [-0.05, 0) is 24.5 Å². The van der Waals surface area contributed by atoms with Gasteiger partial charge in [-0.1, -0.05) is 18.2 Å². The Labute approximate surface area is 133 Å². The van der Waals surface area contributed by atoms with Crippen LogP contribution in [0.1, 0.15) is 18.4 Å². The number of aromatic nitrogens is 1. The predicted molar refractivity (Wildman–Crippen MR) is 85.1 cm³/mol. The van der Waals surface area contributed by atoms with Gasteiger partial charge in [0.25, 0.3) is 0 Å². The molecule has 2 heterocycles. The van der Waals surface area contributed by atoms with E-state index in [2.05, 4.69) is 10.3 Å². The fraction of sp³-hybridized carbons (Fsp3) is 0.412. The van der Waals surface area contributed by atoms with Gasteiger partial charge < -0.3 is 20.1 Å². The SMILES string of the molecule is O=C(Cc1c[nH]c2ccccc12)NC(C(=O)O)C1CCCOC1. The van der Waals surface area contributed by atoms with E-state index in [0.29, 0.717) is 13.2 Å². The molecule has 1 aromatic carbocycles. The molecule has 2 unspecified atom stereocenters. The first-order valence-electron chi connectivity index (χ1n) is 7.80. The summed E-state index contributed by atoms with van der Waals surface area (Å²) in [5.41, 5.74) is 1.83. The molecule has 0 aliphatic carbocycles. The first kappa shape index (κ1) is 15.6. The second kappa shape index (κ2) is 6.83. The number of carbonyl (C=O) groups excluding carboxylic acids is 1. The van der Waals surface area contributed by atoms with Gasteiger partial charge in [0.2, 0.25) is 5.91 Å². The van der Waals surface area contributed by atoms with Crippen molar-refractivity contribution in [3.05, 3.63) is 36.0 Å². The third-order valence-electron chi connectivity index (χ3n) is 4.28. The van der Waals surface area contributed by atoms with Crippen molar-refractivity contribution in [1.29, 1.82) is 0 Å². The van der Waals surface area contributed by atoms with Gasteiger partial charge in [0.1, 0.15) is 6.04 Å². The molecule has 3 rings (SSSR count). The number of aromatic amines is 1. The van der Waals surface area contributed by atoms with Crippen molar-refractivity contribution in [2.75, 3.05) is 13.2 Å². The Morgan fingerprint density at radius 2 is 2.22 bits per heavy atom. The first-order valence-corrected chi connectivity index (χ1v) is 7.80. The number of ether oxygens (including phenoxy) is 1. The zero-order chi connectivity index (χ0) is 16.2. The van der Waals surface area contributed by atoms with E-state index in [0.717, 1.165) is 29.3 Å². The molecule has 23 heavy (non-hydrogen) atoms. The number of hydrogen-bond acceptors (Lipinski definition) is 3. The zero-order valence-corrected chi connectivity index (χ0v) is 12.7. The van der Waals surface area contributed by atoms with E-state index < -0.39 is 12.0 Å². The van der Waals surface area contributed by atoms with Crippen molar-refractivity contribution in [2.45, 2.75) is 25.3 Å². The molecule has 0 spiro atoms. The normalized spacial score (nSPS) is 19.4. The predicted octanol–water partition coefficient (Wildman–Crippen LogP) is 1.71. The molecule has 0 saturated carbocycles. The number of H-pyrrole nitrogens is 1. The van der Waals surface area contributed by atoms with Crippen molar-refractivity contribution in [1.82, 2.24) is 10.3 Å². The maximum Gasteiger partial charge on any atom is 0.326 e. The lowest BCUT2D eigenvalue weighted by Gasteiger charge is -2.28. The number of carboxylic acid groups (broad SMARTS) is 1.